The molecule has 18 heavy (non-hydrogen) atoms. The first-order chi connectivity index (χ1) is 8.77. The number of hydrogen-bond donors (Lipinski definition) is 0. The van der Waals surface area contributed by atoms with Gasteiger partial charge >= 0.3 is 0 Å². The van der Waals surface area contributed by atoms with Crippen molar-refractivity contribution in [3.8, 4) is 5.75 Å². The lowest BCUT2D eigenvalue weighted by molar-refractivity contribution is -0.131. The van der Waals surface area contributed by atoms with Crippen LogP contribution in [0.4, 0.5) is 0 Å². The van der Waals surface area contributed by atoms with Gasteiger partial charge in [-0.05, 0) is 25.5 Å². The molecule has 0 atom stereocenters. The molecular formula is C14H20BrNO2. The first kappa shape index (κ1) is 15.0. The van der Waals surface area contributed by atoms with Crippen LogP contribution in [0.1, 0.15) is 19.8 Å². The minimum Gasteiger partial charge on any atom is -0.493 e. The minimum atomic E-state index is 0.161. The largest absolute Gasteiger partial charge is 0.493 e. The summed E-state index contributed by atoms with van der Waals surface area (Å²) in [6.45, 7) is 4.01. The molecule has 0 aliphatic carbocycles. The highest BCUT2D eigenvalue weighted by Gasteiger charge is 2.10. The molecule has 0 unspecified atom stereocenters. The van der Waals surface area contributed by atoms with E-state index in [1.54, 1.807) is 0 Å². The highest BCUT2D eigenvalue weighted by Crippen LogP contribution is 2.09. The van der Waals surface area contributed by atoms with E-state index in [1.807, 2.05) is 42.2 Å². The van der Waals surface area contributed by atoms with Crippen molar-refractivity contribution in [3.05, 3.63) is 30.3 Å². The van der Waals surface area contributed by atoms with E-state index in [-0.39, 0.29) is 5.91 Å². The molecule has 100 valence electrons. The van der Waals surface area contributed by atoms with Gasteiger partial charge in [-0.3, -0.25) is 4.79 Å². The Kier molecular flexibility index (Phi) is 7.49. The van der Waals surface area contributed by atoms with Crippen molar-refractivity contribution in [2.75, 3.05) is 25.0 Å². The van der Waals surface area contributed by atoms with Gasteiger partial charge in [-0.25, -0.2) is 0 Å². The summed E-state index contributed by atoms with van der Waals surface area (Å²) in [4.78, 5) is 13.8. The average Bonchev–Trinajstić information content (AvgIpc) is 2.41. The van der Waals surface area contributed by atoms with Gasteiger partial charge in [0.25, 0.3) is 0 Å². The first-order valence-electron chi connectivity index (χ1n) is 6.29. The van der Waals surface area contributed by atoms with Crippen LogP contribution in [0, 0.1) is 0 Å². The lowest BCUT2D eigenvalue weighted by Gasteiger charge is -2.20. The van der Waals surface area contributed by atoms with Gasteiger partial charge in [-0.1, -0.05) is 34.1 Å². The quantitative estimate of drug-likeness (QED) is 0.690. The number of amides is 1. The lowest BCUT2D eigenvalue weighted by Crippen LogP contribution is -2.32. The Morgan fingerprint density at radius 2 is 2.06 bits per heavy atom. The van der Waals surface area contributed by atoms with E-state index in [2.05, 4.69) is 15.9 Å². The third-order valence-corrected chi connectivity index (χ3v) is 3.18. The van der Waals surface area contributed by atoms with Crippen molar-refractivity contribution in [2.24, 2.45) is 0 Å². The van der Waals surface area contributed by atoms with Gasteiger partial charge < -0.3 is 9.64 Å². The maximum Gasteiger partial charge on any atom is 0.225 e. The van der Waals surface area contributed by atoms with E-state index in [9.17, 15) is 4.79 Å². The van der Waals surface area contributed by atoms with Crippen molar-refractivity contribution >= 4 is 21.8 Å². The van der Waals surface area contributed by atoms with Gasteiger partial charge in [0.05, 0.1) is 13.0 Å². The molecule has 1 rings (SSSR count). The Hall–Kier alpha value is -1.03. The van der Waals surface area contributed by atoms with Gasteiger partial charge in [-0.2, -0.15) is 0 Å². The summed E-state index contributed by atoms with van der Waals surface area (Å²) in [5.41, 5.74) is 0. The molecule has 0 spiro atoms. The van der Waals surface area contributed by atoms with E-state index < -0.39 is 0 Å². The number of carbonyl (C=O) groups is 1. The first-order valence-corrected chi connectivity index (χ1v) is 7.41. The monoisotopic (exact) mass is 313 g/mol. The third-order valence-electron chi connectivity index (χ3n) is 2.62. The molecule has 1 aromatic rings. The fraction of sp³-hybridized carbons (Fsp3) is 0.500. The maximum absolute atomic E-state index is 11.9. The molecule has 0 heterocycles. The van der Waals surface area contributed by atoms with Gasteiger partial charge in [0.2, 0.25) is 5.91 Å². The third kappa shape index (κ3) is 5.54. The topological polar surface area (TPSA) is 29.5 Å². The Balaban J connectivity index is 2.27. The van der Waals surface area contributed by atoms with Crippen molar-refractivity contribution in [1.29, 1.82) is 0 Å². The Morgan fingerprint density at radius 3 is 2.67 bits per heavy atom. The molecule has 1 aromatic carbocycles. The number of alkyl halides is 1. The summed E-state index contributed by atoms with van der Waals surface area (Å²) in [6, 6.07) is 9.58. The van der Waals surface area contributed by atoms with Crippen LogP contribution in [0.25, 0.3) is 0 Å². The number of hydrogen-bond acceptors (Lipinski definition) is 2. The molecule has 0 saturated heterocycles. The summed E-state index contributed by atoms with van der Waals surface area (Å²) in [7, 11) is 0. The zero-order valence-electron chi connectivity index (χ0n) is 10.8. The van der Waals surface area contributed by atoms with Crippen molar-refractivity contribution < 1.29 is 9.53 Å². The number of para-hydroxylation sites is 1. The number of rotatable bonds is 8. The van der Waals surface area contributed by atoms with Crippen LogP contribution in [0.15, 0.2) is 30.3 Å². The van der Waals surface area contributed by atoms with E-state index >= 15 is 0 Å². The summed E-state index contributed by atoms with van der Waals surface area (Å²) in [5.74, 6) is 0.975. The molecule has 4 heteroatoms. The van der Waals surface area contributed by atoms with E-state index in [1.165, 1.54) is 0 Å². The standard InChI is InChI=1S/C14H20BrNO2/c1-2-16(11-6-10-15)14(17)9-12-18-13-7-4-3-5-8-13/h3-5,7-8H,2,6,9-12H2,1H3. The zero-order chi connectivity index (χ0) is 13.2. The number of nitrogens with zero attached hydrogens (tertiary/aromatic N) is 1. The van der Waals surface area contributed by atoms with Crippen molar-refractivity contribution in [2.45, 2.75) is 19.8 Å². The van der Waals surface area contributed by atoms with E-state index in [0.29, 0.717) is 13.0 Å². The molecule has 0 aromatic heterocycles. The van der Waals surface area contributed by atoms with Crippen LogP contribution in [0.2, 0.25) is 0 Å². The molecule has 0 bridgehead atoms. The van der Waals surface area contributed by atoms with Crippen LogP contribution < -0.4 is 4.74 Å². The normalized spacial score (nSPS) is 10.1. The Bertz CT molecular complexity index is 343. The summed E-state index contributed by atoms with van der Waals surface area (Å²) in [6.07, 6.45) is 1.42. The van der Waals surface area contributed by atoms with E-state index in [0.717, 1.165) is 30.6 Å². The van der Waals surface area contributed by atoms with Crippen LogP contribution in [-0.2, 0) is 4.79 Å². The number of benzene rings is 1. The van der Waals surface area contributed by atoms with Gasteiger partial charge in [0.1, 0.15) is 5.75 Å². The molecule has 0 aliphatic rings. The second kappa shape index (κ2) is 8.97. The van der Waals surface area contributed by atoms with Crippen LogP contribution in [0.5, 0.6) is 5.75 Å². The summed E-state index contributed by atoms with van der Waals surface area (Å²) >= 11 is 3.38. The maximum atomic E-state index is 11.9. The van der Waals surface area contributed by atoms with Crippen LogP contribution in [-0.4, -0.2) is 35.8 Å². The fourth-order valence-electron chi connectivity index (χ4n) is 1.64. The Morgan fingerprint density at radius 1 is 1.33 bits per heavy atom. The smallest absolute Gasteiger partial charge is 0.225 e. The zero-order valence-corrected chi connectivity index (χ0v) is 12.4. The molecule has 0 fully saturated rings. The van der Waals surface area contributed by atoms with Gasteiger partial charge in [-0.15, -0.1) is 0 Å². The second-order valence-electron chi connectivity index (χ2n) is 3.93. The molecule has 1 amide bonds. The summed E-state index contributed by atoms with van der Waals surface area (Å²) in [5, 5.41) is 0.928. The minimum absolute atomic E-state index is 0.161. The lowest BCUT2D eigenvalue weighted by atomic mass is 10.3. The van der Waals surface area contributed by atoms with Crippen molar-refractivity contribution in [3.63, 3.8) is 0 Å². The average molecular weight is 314 g/mol. The fourth-order valence-corrected chi connectivity index (χ4v) is 1.89. The second-order valence-corrected chi connectivity index (χ2v) is 4.72. The predicted octanol–water partition coefficient (Wildman–Crippen LogP) is 3.09. The molecule has 0 radical (unpaired) electrons. The molecule has 0 saturated carbocycles. The van der Waals surface area contributed by atoms with E-state index in [4.69, 9.17) is 4.74 Å². The van der Waals surface area contributed by atoms with Gasteiger partial charge in [0.15, 0.2) is 0 Å². The highest BCUT2D eigenvalue weighted by molar-refractivity contribution is 9.09. The molecular weight excluding hydrogens is 294 g/mol. The Labute approximate surface area is 117 Å². The predicted molar refractivity (Wildman–Crippen MR) is 77.2 cm³/mol. The SMILES string of the molecule is CCN(CCCBr)C(=O)CCOc1ccccc1. The molecule has 3 nitrogen and oxygen atoms in total. The number of carbonyl (C=O) groups excluding carboxylic acids is 1. The molecule has 0 N–H and O–H groups in total. The van der Waals surface area contributed by atoms with Crippen molar-refractivity contribution in [1.82, 2.24) is 4.90 Å². The molecule has 0 aliphatic heterocycles. The van der Waals surface area contributed by atoms with Gasteiger partial charge in [0, 0.05) is 18.4 Å². The number of ether oxygens (including phenoxy) is 1. The van der Waals surface area contributed by atoms with Crippen LogP contribution in [0.3, 0.4) is 0 Å². The number of halogens is 1. The summed E-state index contributed by atoms with van der Waals surface area (Å²) < 4.78 is 5.52. The van der Waals surface area contributed by atoms with Crippen LogP contribution >= 0.6 is 15.9 Å². The highest BCUT2D eigenvalue weighted by atomic mass is 79.9.